The molecule has 5 aromatic carbocycles. The summed E-state index contributed by atoms with van der Waals surface area (Å²) in [7, 11) is -9.71. The fourth-order valence-electron chi connectivity index (χ4n) is 4.09. The van der Waals surface area contributed by atoms with Gasteiger partial charge < -0.3 is 25.3 Å². The van der Waals surface area contributed by atoms with Crippen LogP contribution >= 0.6 is 0 Å². The number of carbonyl (C=O) groups is 1. The summed E-state index contributed by atoms with van der Waals surface area (Å²) >= 11 is 0. The van der Waals surface area contributed by atoms with Gasteiger partial charge >= 0.3 is 59.1 Å². The van der Waals surface area contributed by atoms with Crippen LogP contribution < -0.4 is 70.2 Å². The molecule has 0 aromatic heterocycles. The molecule has 5 aromatic rings. The number of nitrogens with one attached hydrogen (secondary N) is 1. The largest absolute Gasteiger partial charge is 1.00 e. The van der Waals surface area contributed by atoms with Crippen LogP contribution in [-0.4, -0.2) is 37.0 Å². The van der Waals surface area contributed by atoms with Gasteiger partial charge in [-0.25, -0.2) is 16.8 Å². The maximum Gasteiger partial charge on any atom is 1.00 e. The molecule has 0 saturated carbocycles. The number of hydrogen-bond donors (Lipinski definition) is 3. The SMILES string of the molecule is Nc1cccc(C(=O)Nc2ccc3c(O)c(N=Nc4ccc(N=Nc5ccc(S(=O)(=O)[O-])cc5)cc4)c(S(=O)(=O)[O-])cc3c2)c1.[Na+].[Na+]. The summed E-state index contributed by atoms with van der Waals surface area (Å²) in [5.74, 6) is -1.09. The van der Waals surface area contributed by atoms with Crippen molar-refractivity contribution in [2.75, 3.05) is 11.1 Å². The average molecular weight is 691 g/mol. The van der Waals surface area contributed by atoms with E-state index in [-0.39, 0.29) is 81.3 Å². The first-order valence-electron chi connectivity index (χ1n) is 12.7. The van der Waals surface area contributed by atoms with Gasteiger partial charge in [0.05, 0.1) is 26.9 Å². The van der Waals surface area contributed by atoms with E-state index in [1.807, 2.05) is 0 Å². The molecule has 228 valence electrons. The summed E-state index contributed by atoms with van der Waals surface area (Å²) in [5.41, 5.74) is 6.98. The Morgan fingerprint density at radius 2 is 1.26 bits per heavy atom. The van der Waals surface area contributed by atoms with Crippen molar-refractivity contribution in [2.24, 2.45) is 20.5 Å². The van der Waals surface area contributed by atoms with Gasteiger partial charge in [-0.1, -0.05) is 6.07 Å². The molecule has 1 amide bonds. The Morgan fingerprint density at radius 3 is 1.79 bits per heavy atom. The van der Waals surface area contributed by atoms with E-state index in [1.54, 1.807) is 18.2 Å². The number of anilines is 2. The minimum atomic E-state index is -5.13. The molecule has 0 bridgehead atoms. The molecule has 0 aliphatic rings. The summed E-state index contributed by atoms with van der Waals surface area (Å²) in [5, 5.41) is 29.6. The van der Waals surface area contributed by atoms with Crippen LogP contribution in [0.2, 0.25) is 0 Å². The smallest absolute Gasteiger partial charge is 0.744 e. The van der Waals surface area contributed by atoms with Crippen LogP contribution in [0.1, 0.15) is 10.4 Å². The van der Waals surface area contributed by atoms with Gasteiger partial charge in [0, 0.05) is 22.3 Å². The quantitative estimate of drug-likeness (QED) is 0.0860. The fourth-order valence-corrected chi connectivity index (χ4v) is 5.20. The van der Waals surface area contributed by atoms with Gasteiger partial charge in [-0.15, -0.1) is 5.11 Å². The van der Waals surface area contributed by atoms with Crippen molar-refractivity contribution in [1.29, 1.82) is 0 Å². The Hall–Kier alpha value is -3.55. The van der Waals surface area contributed by atoms with Gasteiger partial charge in [-0.2, -0.15) is 15.3 Å². The third kappa shape index (κ3) is 9.51. The first-order valence-corrected chi connectivity index (χ1v) is 15.5. The molecule has 47 heavy (non-hydrogen) atoms. The number of nitrogens with two attached hydrogens (primary N) is 1. The van der Waals surface area contributed by atoms with Crippen LogP contribution in [0, 0.1) is 0 Å². The van der Waals surface area contributed by atoms with Crippen molar-refractivity contribution >= 4 is 71.0 Å². The predicted octanol–water partition coefficient (Wildman–Crippen LogP) is 0.0269. The zero-order valence-electron chi connectivity index (χ0n) is 24.7. The molecule has 0 atom stereocenters. The van der Waals surface area contributed by atoms with Crippen molar-refractivity contribution in [3.8, 4) is 5.75 Å². The summed E-state index contributed by atoms with van der Waals surface area (Å²) in [6, 6.07) is 22.4. The number of nitrogens with zero attached hydrogens (tertiary/aromatic N) is 4. The molecule has 0 heterocycles. The maximum absolute atomic E-state index is 12.6. The Labute approximate surface area is 312 Å². The number of phenols is 1. The third-order valence-corrected chi connectivity index (χ3v) is 7.95. The maximum atomic E-state index is 12.6. The zero-order chi connectivity index (χ0) is 32.4. The number of hydrogen-bond acceptors (Lipinski definition) is 13. The first kappa shape index (κ1) is 37.9. The third-order valence-electron chi connectivity index (χ3n) is 6.25. The van der Waals surface area contributed by atoms with Gasteiger partial charge in [0.2, 0.25) is 0 Å². The molecule has 0 aliphatic heterocycles. The van der Waals surface area contributed by atoms with Crippen molar-refractivity contribution < 1.29 is 95.0 Å². The molecular weight excluding hydrogens is 670 g/mol. The Bertz CT molecular complexity index is 2230. The van der Waals surface area contributed by atoms with Crippen molar-refractivity contribution in [3.05, 3.63) is 103 Å². The number of fused-ring (bicyclic) bond motifs is 1. The number of aromatic hydroxyl groups is 1. The predicted molar refractivity (Wildman–Crippen MR) is 162 cm³/mol. The zero-order valence-corrected chi connectivity index (χ0v) is 30.4. The van der Waals surface area contributed by atoms with Crippen LogP contribution in [0.25, 0.3) is 10.8 Å². The van der Waals surface area contributed by atoms with Crippen molar-refractivity contribution in [3.63, 3.8) is 0 Å². The molecule has 18 heteroatoms. The topological polar surface area (TPSA) is 239 Å². The summed E-state index contributed by atoms with van der Waals surface area (Å²) in [6.07, 6.45) is 0. The molecule has 14 nitrogen and oxygen atoms in total. The van der Waals surface area contributed by atoms with Gasteiger partial charge in [0.1, 0.15) is 25.9 Å². The molecule has 0 fully saturated rings. The van der Waals surface area contributed by atoms with Gasteiger partial charge in [0.25, 0.3) is 5.91 Å². The standard InChI is InChI=1S/C29H22N6O8S2.2Na/c30-19-3-1-2-17(14-19)29(37)31-23-10-13-25-18(15-23)16-26(45(41,42)43)27(28(25)36)35-34-21-6-4-20(5-7-21)32-33-22-8-11-24(12-9-22)44(38,39)40;;/h1-16,36H,30H2,(H,31,37)(H,38,39,40)(H,41,42,43);;/q;2*+1/p-2. The molecule has 0 saturated heterocycles. The Kier molecular flexibility index (Phi) is 12.6. The Balaban J connectivity index is 0.00000300. The molecular formula is C29H20N6Na2O8S2. The summed E-state index contributed by atoms with van der Waals surface area (Å²) in [4.78, 5) is 11.4. The molecule has 0 spiro atoms. The monoisotopic (exact) mass is 690 g/mol. The van der Waals surface area contributed by atoms with Crippen molar-refractivity contribution in [2.45, 2.75) is 9.79 Å². The second-order valence-corrected chi connectivity index (χ2v) is 12.1. The number of carbonyl (C=O) groups excluding carboxylic acids is 1. The minimum Gasteiger partial charge on any atom is -0.744 e. The van der Waals surface area contributed by atoms with Crippen LogP contribution in [0.5, 0.6) is 5.75 Å². The normalized spacial score (nSPS) is 11.7. The number of nitrogen functional groups attached to an aromatic ring is 1. The van der Waals surface area contributed by atoms with Gasteiger partial charge in [-0.3, -0.25) is 4.79 Å². The number of rotatable bonds is 8. The van der Waals surface area contributed by atoms with Crippen molar-refractivity contribution in [1.82, 2.24) is 0 Å². The van der Waals surface area contributed by atoms with Crippen LogP contribution in [0.15, 0.2) is 127 Å². The second-order valence-electron chi connectivity index (χ2n) is 9.41. The van der Waals surface area contributed by atoms with E-state index in [4.69, 9.17) is 5.73 Å². The number of azo groups is 2. The fraction of sp³-hybridized carbons (Fsp3) is 0. The van der Waals surface area contributed by atoms with Crippen LogP contribution in [-0.2, 0) is 20.2 Å². The molecule has 5 rings (SSSR count). The number of phenolic OH excluding ortho intramolecular Hbond substituents is 1. The summed E-state index contributed by atoms with van der Waals surface area (Å²) < 4.78 is 69.5. The Morgan fingerprint density at radius 1 is 0.702 bits per heavy atom. The van der Waals surface area contributed by atoms with E-state index in [1.165, 1.54) is 60.7 Å². The van der Waals surface area contributed by atoms with E-state index in [2.05, 4.69) is 25.8 Å². The number of amides is 1. The molecule has 0 radical (unpaired) electrons. The molecule has 0 unspecified atom stereocenters. The summed E-state index contributed by atoms with van der Waals surface area (Å²) in [6.45, 7) is 0. The number of benzene rings is 5. The van der Waals surface area contributed by atoms with Crippen LogP contribution in [0.4, 0.5) is 34.1 Å². The van der Waals surface area contributed by atoms with Crippen LogP contribution in [0.3, 0.4) is 0 Å². The van der Waals surface area contributed by atoms with E-state index in [0.717, 1.165) is 18.2 Å². The first-order chi connectivity index (χ1) is 21.3. The average Bonchev–Trinajstić information content (AvgIpc) is 2.99. The molecule has 4 N–H and O–H groups in total. The van der Waals surface area contributed by atoms with E-state index < -0.39 is 47.4 Å². The van der Waals surface area contributed by atoms with Gasteiger partial charge in [0.15, 0.2) is 5.75 Å². The van der Waals surface area contributed by atoms with E-state index >= 15 is 0 Å². The van der Waals surface area contributed by atoms with E-state index in [9.17, 15) is 35.8 Å². The second kappa shape index (κ2) is 15.6. The van der Waals surface area contributed by atoms with Gasteiger partial charge in [-0.05, 0) is 96.4 Å². The molecule has 0 aliphatic carbocycles. The minimum absolute atomic E-state index is 0. The van der Waals surface area contributed by atoms with E-state index in [0.29, 0.717) is 22.6 Å².